The highest BCUT2D eigenvalue weighted by Gasteiger charge is 2.32. The molecule has 0 saturated carbocycles. The van der Waals surface area contributed by atoms with Crippen molar-refractivity contribution in [1.82, 2.24) is 14.7 Å². The molecule has 8 heteroatoms. The molecule has 1 aliphatic heterocycles. The summed E-state index contributed by atoms with van der Waals surface area (Å²) in [6.45, 7) is 4.39. The Bertz CT molecular complexity index is 982. The second-order valence-corrected chi connectivity index (χ2v) is 11.1. The number of carbonyl (C=O) groups is 1. The maximum Gasteiger partial charge on any atom is 0.263 e. The number of sulfone groups is 1. The fourth-order valence-corrected chi connectivity index (χ4v) is 7.12. The van der Waals surface area contributed by atoms with Crippen LogP contribution in [0.25, 0.3) is 0 Å². The Morgan fingerprint density at radius 3 is 2.81 bits per heavy atom. The Morgan fingerprint density at radius 1 is 1.37 bits per heavy atom. The van der Waals surface area contributed by atoms with Gasteiger partial charge in [0.25, 0.3) is 5.91 Å². The Labute approximate surface area is 164 Å². The standard InChI is InChI=1S/C19H25N3O3S2/c1-12-16(13(2)22(20-12)15-7-8-27(24,25)11-15)10-21(3)19(23)18-9-14-5-4-6-17(14)26-18/h9,15H,4-8,10-11H2,1-3H3. The quantitative estimate of drug-likeness (QED) is 0.781. The van der Waals surface area contributed by atoms with Crippen LogP contribution in [0, 0.1) is 13.8 Å². The van der Waals surface area contributed by atoms with Crippen LogP contribution in [0.3, 0.4) is 0 Å². The molecule has 27 heavy (non-hydrogen) atoms. The minimum atomic E-state index is -2.96. The molecule has 6 nitrogen and oxygen atoms in total. The van der Waals surface area contributed by atoms with E-state index in [0.717, 1.165) is 34.7 Å². The van der Waals surface area contributed by atoms with E-state index < -0.39 is 9.84 Å². The molecule has 1 atom stereocenters. The van der Waals surface area contributed by atoms with Gasteiger partial charge in [-0.1, -0.05) is 0 Å². The Balaban J connectivity index is 1.52. The van der Waals surface area contributed by atoms with Crippen molar-refractivity contribution in [2.45, 2.75) is 52.1 Å². The monoisotopic (exact) mass is 407 g/mol. The molecule has 1 fully saturated rings. The van der Waals surface area contributed by atoms with Crippen LogP contribution in [0.15, 0.2) is 6.07 Å². The van der Waals surface area contributed by atoms with Crippen LogP contribution in [0.1, 0.15) is 55.9 Å². The van der Waals surface area contributed by atoms with Crippen molar-refractivity contribution in [3.8, 4) is 0 Å². The fraction of sp³-hybridized carbons (Fsp3) is 0.579. The summed E-state index contributed by atoms with van der Waals surface area (Å²) in [6, 6.07) is 1.96. The molecule has 2 aromatic rings. The fourth-order valence-electron chi connectivity index (χ4n) is 4.18. The third-order valence-corrected chi connectivity index (χ3v) is 8.70. The molecule has 0 radical (unpaired) electrons. The van der Waals surface area contributed by atoms with E-state index in [0.29, 0.717) is 13.0 Å². The summed E-state index contributed by atoms with van der Waals surface area (Å²) in [4.78, 5) is 16.8. The van der Waals surface area contributed by atoms with E-state index in [1.807, 2.05) is 25.6 Å². The molecule has 0 aromatic carbocycles. The maximum absolute atomic E-state index is 12.9. The average molecular weight is 408 g/mol. The average Bonchev–Trinajstić information content (AvgIpc) is 3.33. The molecule has 1 unspecified atom stereocenters. The molecule has 2 aliphatic rings. The SMILES string of the molecule is Cc1nn(C2CCS(=O)(=O)C2)c(C)c1CN(C)C(=O)c1cc2c(s1)CCC2. The van der Waals surface area contributed by atoms with Gasteiger partial charge in [-0.15, -0.1) is 11.3 Å². The summed E-state index contributed by atoms with van der Waals surface area (Å²) in [5.74, 6) is 0.431. The predicted molar refractivity (Wildman–Crippen MR) is 106 cm³/mol. The molecule has 4 rings (SSSR count). The molecule has 0 spiro atoms. The highest BCUT2D eigenvalue weighted by atomic mass is 32.2. The molecular formula is C19H25N3O3S2. The van der Waals surface area contributed by atoms with Gasteiger partial charge in [0, 0.05) is 29.7 Å². The molecule has 0 N–H and O–H groups in total. The normalized spacial score (nSPS) is 20.8. The van der Waals surface area contributed by atoms with Crippen LogP contribution < -0.4 is 0 Å². The van der Waals surface area contributed by atoms with Crippen LogP contribution in [0.2, 0.25) is 0 Å². The van der Waals surface area contributed by atoms with Crippen LogP contribution in [-0.4, -0.2) is 47.6 Å². The zero-order valence-electron chi connectivity index (χ0n) is 16.0. The zero-order valence-corrected chi connectivity index (χ0v) is 17.6. The van der Waals surface area contributed by atoms with Gasteiger partial charge in [0.1, 0.15) is 0 Å². The van der Waals surface area contributed by atoms with Crippen LogP contribution in [0.5, 0.6) is 0 Å². The first kappa shape index (κ1) is 18.7. The third kappa shape index (κ3) is 3.45. The molecule has 1 saturated heterocycles. The zero-order chi connectivity index (χ0) is 19.3. The lowest BCUT2D eigenvalue weighted by Crippen LogP contribution is -2.26. The van der Waals surface area contributed by atoms with Gasteiger partial charge in [-0.25, -0.2) is 8.42 Å². The van der Waals surface area contributed by atoms with E-state index in [2.05, 4.69) is 11.2 Å². The summed E-state index contributed by atoms with van der Waals surface area (Å²) in [6.07, 6.45) is 3.98. The van der Waals surface area contributed by atoms with Gasteiger partial charge in [-0.05, 0) is 51.2 Å². The first-order valence-electron chi connectivity index (χ1n) is 9.37. The lowest BCUT2D eigenvalue weighted by atomic mass is 10.1. The van der Waals surface area contributed by atoms with E-state index >= 15 is 0 Å². The van der Waals surface area contributed by atoms with Crippen molar-refractivity contribution in [3.05, 3.63) is 38.3 Å². The number of rotatable bonds is 4. The summed E-state index contributed by atoms with van der Waals surface area (Å²) in [5.41, 5.74) is 4.17. The Hall–Kier alpha value is -1.67. The van der Waals surface area contributed by atoms with Crippen LogP contribution >= 0.6 is 11.3 Å². The van der Waals surface area contributed by atoms with Gasteiger partial charge in [0.2, 0.25) is 0 Å². The van der Waals surface area contributed by atoms with E-state index in [1.165, 1.54) is 16.9 Å². The molecule has 2 aromatic heterocycles. The van der Waals surface area contributed by atoms with Gasteiger partial charge in [0.05, 0.1) is 28.1 Å². The van der Waals surface area contributed by atoms with Crippen molar-refractivity contribution in [1.29, 1.82) is 0 Å². The number of nitrogens with zero attached hydrogens (tertiary/aromatic N) is 3. The smallest absolute Gasteiger partial charge is 0.263 e. The molecule has 1 aliphatic carbocycles. The van der Waals surface area contributed by atoms with Gasteiger partial charge in [-0.2, -0.15) is 5.10 Å². The lowest BCUT2D eigenvalue weighted by molar-refractivity contribution is 0.0789. The van der Waals surface area contributed by atoms with Crippen LogP contribution in [-0.2, 0) is 29.2 Å². The highest BCUT2D eigenvalue weighted by Crippen LogP contribution is 2.32. The number of carbonyl (C=O) groups excluding carboxylic acids is 1. The first-order valence-corrected chi connectivity index (χ1v) is 12.0. The predicted octanol–water partition coefficient (Wildman–Crippen LogP) is 2.68. The van der Waals surface area contributed by atoms with Crippen LogP contribution in [0.4, 0.5) is 0 Å². The molecule has 1 amide bonds. The largest absolute Gasteiger partial charge is 0.337 e. The van der Waals surface area contributed by atoms with Gasteiger partial charge >= 0.3 is 0 Å². The van der Waals surface area contributed by atoms with Gasteiger partial charge in [-0.3, -0.25) is 9.48 Å². The minimum absolute atomic E-state index is 0.0457. The number of amides is 1. The topological polar surface area (TPSA) is 72.3 Å². The Kier molecular flexibility index (Phi) is 4.66. The molecule has 146 valence electrons. The Morgan fingerprint density at radius 2 is 2.15 bits per heavy atom. The van der Waals surface area contributed by atoms with E-state index in [4.69, 9.17) is 0 Å². The number of thiophene rings is 1. The first-order chi connectivity index (χ1) is 12.7. The molecular weight excluding hydrogens is 382 g/mol. The second kappa shape index (κ2) is 6.74. The van der Waals surface area contributed by atoms with E-state index in [-0.39, 0.29) is 23.5 Å². The summed E-state index contributed by atoms with van der Waals surface area (Å²) in [5, 5.41) is 4.60. The number of fused-ring (bicyclic) bond motifs is 1. The second-order valence-electron chi connectivity index (χ2n) is 7.72. The van der Waals surface area contributed by atoms with Crippen molar-refractivity contribution in [3.63, 3.8) is 0 Å². The van der Waals surface area contributed by atoms with E-state index in [9.17, 15) is 13.2 Å². The third-order valence-electron chi connectivity index (χ3n) is 5.73. The van der Waals surface area contributed by atoms with Crippen molar-refractivity contribution in [2.75, 3.05) is 18.6 Å². The summed E-state index contributed by atoms with van der Waals surface area (Å²) in [7, 11) is -1.14. The van der Waals surface area contributed by atoms with Crippen molar-refractivity contribution >= 4 is 27.1 Å². The number of aryl methyl sites for hydroxylation is 3. The number of aromatic nitrogens is 2. The number of hydrogen-bond donors (Lipinski definition) is 0. The number of hydrogen-bond acceptors (Lipinski definition) is 5. The van der Waals surface area contributed by atoms with Gasteiger partial charge in [0.15, 0.2) is 9.84 Å². The van der Waals surface area contributed by atoms with Crippen molar-refractivity contribution in [2.24, 2.45) is 0 Å². The lowest BCUT2D eigenvalue weighted by Gasteiger charge is -2.17. The summed E-state index contributed by atoms with van der Waals surface area (Å²) >= 11 is 1.62. The van der Waals surface area contributed by atoms with Gasteiger partial charge < -0.3 is 4.90 Å². The minimum Gasteiger partial charge on any atom is -0.337 e. The van der Waals surface area contributed by atoms with E-state index in [1.54, 1.807) is 16.2 Å². The van der Waals surface area contributed by atoms with Crippen molar-refractivity contribution < 1.29 is 13.2 Å². The molecule has 3 heterocycles. The summed E-state index contributed by atoms with van der Waals surface area (Å²) < 4.78 is 25.5. The highest BCUT2D eigenvalue weighted by molar-refractivity contribution is 7.91. The molecule has 0 bridgehead atoms. The maximum atomic E-state index is 12.9.